The van der Waals surface area contributed by atoms with Crippen molar-refractivity contribution in [3.8, 4) is 11.5 Å². The highest BCUT2D eigenvalue weighted by molar-refractivity contribution is 9.10. The third-order valence-corrected chi connectivity index (χ3v) is 6.84. The van der Waals surface area contributed by atoms with Crippen LogP contribution in [0.2, 0.25) is 0 Å². The van der Waals surface area contributed by atoms with Crippen molar-refractivity contribution < 1.29 is 14.3 Å². The molecule has 35 heavy (non-hydrogen) atoms. The second-order valence-electron chi connectivity index (χ2n) is 7.71. The molecule has 0 radical (unpaired) electrons. The van der Waals surface area contributed by atoms with E-state index in [1.165, 1.54) is 11.8 Å². The van der Waals surface area contributed by atoms with Crippen LogP contribution in [0.1, 0.15) is 16.7 Å². The zero-order valence-corrected chi connectivity index (χ0v) is 21.7. The van der Waals surface area contributed by atoms with Crippen LogP contribution in [0.5, 0.6) is 11.5 Å². The Hall–Kier alpha value is -3.29. The molecule has 7 heteroatoms. The Bertz CT molecular complexity index is 1260. The van der Waals surface area contributed by atoms with E-state index in [0.717, 1.165) is 21.2 Å². The molecule has 1 heterocycles. The quantitative estimate of drug-likeness (QED) is 0.220. The lowest BCUT2D eigenvalue weighted by molar-refractivity contribution is -0.122. The summed E-state index contributed by atoms with van der Waals surface area (Å²) >= 11 is 4.94. The number of methoxy groups -OCH3 is 1. The van der Waals surface area contributed by atoms with Crippen LogP contribution in [0.4, 0.5) is 0 Å². The lowest BCUT2D eigenvalue weighted by Crippen LogP contribution is -2.28. The van der Waals surface area contributed by atoms with E-state index < -0.39 is 0 Å². The highest BCUT2D eigenvalue weighted by Gasteiger charge is 2.33. The van der Waals surface area contributed by atoms with Crippen molar-refractivity contribution in [1.82, 2.24) is 4.90 Å². The van der Waals surface area contributed by atoms with Gasteiger partial charge in [-0.25, -0.2) is 0 Å². The van der Waals surface area contributed by atoms with Gasteiger partial charge in [-0.2, -0.15) is 0 Å². The molecule has 1 saturated heterocycles. The van der Waals surface area contributed by atoms with Crippen molar-refractivity contribution in [2.24, 2.45) is 4.99 Å². The molecule has 5 nitrogen and oxygen atoms in total. The minimum absolute atomic E-state index is 0.0762. The van der Waals surface area contributed by atoms with Crippen LogP contribution >= 0.6 is 27.7 Å². The summed E-state index contributed by atoms with van der Waals surface area (Å²) in [6, 6.07) is 23.7. The molecule has 1 aliphatic rings. The van der Waals surface area contributed by atoms with Gasteiger partial charge in [-0.05, 0) is 62.6 Å². The number of halogens is 1. The summed E-state index contributed by atoms with van der Waals surface area (Å²) in [5.74, 6) is 1.09. The predicted molar refractivity (Wildman–Crippen MR) is 147 cm³/mol. The van der Waals surface area contributed by atoms with Crippen LogP contribution in [-0.2, 0) is 17.9 Å². The molecule has 1 amide bonds. The molecule has 4 rings (SSSR count). The van der Waals surface area contributed by atoms with E-state index in [0.29, 0.717) is 41.3 Å². The summed E-state index contributed by atoms with van der Waals surface area (Å²) in [7, 11) is 1.59. The maximum atomic E-state index is 13.5. The van der Waals surface area contributed by atoms with Gasteiger partial charge in [0.25, 0.3) is 5.91 Å². The lowest BCUT2D eigenvalue weighted by Gasteiger charge is -2.15. The molecule has 0 unspecified atom stereocenters. The van der Waals surface area contributed by atoms with E-state index in [1.54, 1.807) is 18.1 Å². The van der Waals surface area contributed by atoms with Crippen LogP contribution in [0.3, 0.4) is 0 Å². The highest BCUT2D eigenvalue weighted by Crippen LogP contribution is 2.39. The number of carbonyl (C=O) groups excluding carboxylic acids is 1. The average Bonchev–Trinajstić information content (AvgIpc) is 3.17. The minimum Gasteiger partial charge on any atom is -0.493 e. The molecule has 3 aromatic rings. The van der Waals surface area contributed by atoms with Crippen LogP contribution < -0.4 is 9.47 Å². The van der Waals surface area contributed by atoms with Gasteiger partial charge in [0.2, 0.25) is 0 Å². The van der Waals surface area contributed by atoms with Gasteiger partial charge in [0.05, 0.1) is 29.6 Å². The van der Waals surface area contributed by atoms with E-state index in [9.17, 15) is 4.79 Å². The summed E-state index contributed by atoms with van der Waals surface area (Å²) in [5.41, 5.74) is 2.96. The van der Waals surface area contributed by atoms with Crippen LogP contribution in [-0.4, -0.2) is 29.7 Å². The SMILES string of the molecule is C=CCOc1c(Br)cc(/C=C2\SC(=NCc3ccccc3)N(Cc3ccccc3)C2=O)cc1OC. The Balaban J connectivity index is 1.65. The van der Waals surface area contributed by atoms with Gasteiger partial charge >= 0.3 is 0 Å². The number of hydrogen-bond acceptors (Lipinski definition) is 5. The van der Waals surface area contributed by atoms with Crippen LogP contribution in [0.25, 0.3) is 6.08 Å². The summed E-state index contributed by atoms with van der Waals surface area (Å²) in [5, 5.41) is 0.686. The van der Waals surface area contributed by atoms with E-state index >= 15 is 0 Å². The highest BCUT2D eigenvalue weighted by atomic mass is 79.9. The lowest BCUT2D eigenvalue weighted by atomic mass is 10.1. The maximum absolute atomic E-state index is 13.5. The Morgan fingerprint density at radius 2 is 1.74 bits per heavy atom. The summed E-state index contributed by atoms with van der Waals surface area (Å²) in [6.07, 6.45) is 3.54. The monoisotopic (exact) mass is 548 g/mol. The number of nitrogens with zero attached hydrogens (tertiary/aromatic N) is 2. The molecule has 0 bridgehead atoms. The molecule has 1 fully saturated rings. The van der Waals surface area contributed by atoms with Gasteiger partial charge in [0.15, 0.2) is 16.7 Å². The number of ether oxygens (including phenoxy) is 2. The fraction of sp³-hybridized carbons (Fsp3) is 0.143. The van der Waals surface area contributed by atoms with Gasteiger partial charge in [0.1, 0.15) is 6.61 Å². The molecular weight excluding hydrogens is 524 g/mol. The number of rotatable bonds is 9. The minimum atomic E-state index is -0.0762. The first-order chi connectivity index (χ1) is 17.1. The van der Waals surface area contributed by atoms with Crippen molar-refractivity contribution in [3.63, 3.8) is 0 Å². The first-order valence-corrected chi connectivity index (χ1v) is 12.6. The summed E-state index contributed by atoms with van der Waals surface area (Å²) < 4.78 is 12.0. The third kappa shape index (κ3) is 6.24. The third-order valence-electron chi connectivity index (χ3n) is 5.21. The molecule has 0 spiro atoms. The van der Waals surface area contributed by atoms with Crippen LogP contribution in [0, 0.1) is 0 Å². The number of carbonyl (C=O) groups is 1. The normalized spacial score (nSPS) is 15.6. The Labute approximate surface area is 218 Å². The fourth-order valence-electron chi connectivity index (χ4n) is 3.53. The number of thioether (sulfide) groups is 1. The summed E-state index contributed by atoms with van der Waals surface area (Å²) in [6.45, 7) is 5.01. The zero-order valence-electron chi connectivity index (χ0n) is 19.3. The van der Waals surface area contributed by atoms with Crippen molar-refractivity contribution >= 4 is 44.8 Å². The number of amidine groups is 1. The number of hydrogen-bond donors (Lipinski definition) is 0. The van der Waals surface area contributed by atoms with E-state index in [-0.39, 0.29) is 5.91 Å². The van der Waals surface area contributed by atoms with Crippen molar-refractivity contribution in [2.75, 3.05) is 13.7 Å². The van der Waals surface area contributed by atoms with E-state index in [1.807, 2.05) is 78.9 Å². The Morgan fingerprint density at radius 3 is 2.40 bits per heavy atom. The van der Waals surface area contributed by atoms with Gasteiger partial charge < -0.3 is 9.47 Å². The number of amides is 1. The largest absolute Gasteiger partial charge is 0.493 e. The molecular formula is C28H25BrN2O3S. The van der Waals surface area contributed by atoms with Crippen molar-refractivity contribution in [2.45, 2.75) is 13.1 Å². The van der Waals surface area contributed by atoms with Crippen molar-refractivity contribution in [1.29, 1.82) is 0 Å². The number of benzene rings is 3. The second kappa shape index (κ2) is 11.9. The number of aliphatic imine (C=N–C) groups is 1. The molecule has 0 saturated carbocycles. The molecule has 0 aliphatic carbocycles. The molecule has 178 valence electrons. The standard InChI is InChI=1S/C28H25BrN2O3S/c1-3-14-34-26-23(29)15-22(16-24(26)33-2)17-25-27(32)31(19-21-12-8-5-9-13-21)28(35-25)30-18-20-10-6-4-7-11-20/h3-13,15-17H,1,14,18-19H2,2H3/b25-17-,30-28?. The van der Waals surface area contributed by atoms with Gasteiger partial charge in [-0.1, -0.05) is 73.3 Å². The fourth-order valence-corrected chi connectivity index (χ4v) is 5.08. The van der Waals surface area contributed by atoms with Gasteiger partial charge in [0, 0.05) is 0 Å². The first-order valence-electron chi connectivity index (χ1n) is 11.0. The van der Waals surface area contributed by atoms with Gasteiger partial charge in [-0.3, -0.25) is 14.7 Å². The summed E-state index contributed by atoms with van der Waals surface area (Å²) in [4.78, 5) is 20.6. The Morgan fingerprint density at radius 1 is 1.06 bits per heavy atom. The smallest absolute Gasteiger partial charge is 0.267 e. The molecule has 0 atom stereocenters. The molecule has 0 aromatic heterocycles. The topological polar surface area (TPSA) is 51.1 Å². The zero-order chi connectivity index (χ0) is 24.6. The van der Waals surface area contributed by atoms with Crippen LogP contribution in [0.15, 0.2) is 99.8 Å². The maximum Gasteiger partial charge on any atom is 0.267 e. The van der Waals surface area contributed by atoms with E-state index in [4.69, 9.17) is 14.5 Å². The molecule has 1 aliphatic heterocycles. The van der Waals surface area contributed by atoms with Gasteiger partial charge in [-0.15, -0.1) is 0 Å². The Kier molecular flexibility index (Phi) is 8.45. The second-order valence-corrected chi connectivity index (χ2v) is 9.57. The molecule has 3 aromatic carbocycles. The first kappa shape index (κ1) is 24.8. The van der Waals surface area contributed by atoms with E-state index in [2.05, 4.69) is 22.5 Å². The average molecular weight is 549 g/mol. The predicted octanol–water partition coefficient (Wildman–Crippen LogP) is 6.70. The van der Waals surface area contributed by atoms with Crippen molar-refractivity contribution in [3.05, 3.63) is 112 Å². The molecule has 0 N–H and O–H groups in total.